The van der Waals surface area contributed by atoms with E-state index in [1.165, 1.54) is 12.8 Å². The van der Waals surface area contributed by atoms with Gasteiger partial charge in [0.15, 0.2) is 0 Å². The van der Waals surface area contributed by atoms with E-state index in [0.717, 1.165) is 19.6 Å². The Morgan fingerprint density at radius 2 is 2.13 bits per heavy atom. The standard InChI is InChI=1S/C12H22ClNO/c1-9-6-14(8-11(9)13)7-10-4-5-12(2,3)15-10/h9-11H,4-8H2,1-3H3. The lowest BCUT2D eigenvalue weighted by atomic mass is 10.1. The van der Waals surface area contributed by atoms with Gasteiger partial charge in [0.25, 0.3) is 0 Å². The second-order valence-electron chi connectivity index (χ2n) is 5.75. The lowest BCUT2D eigenvalue weighted by Gasteiger charge is -2.23. The van der Waals surface area contributed by atoms with E-state index in [9.17, 15) is 0 Å². The van der Waals surface area contributed by atoms with Crippen LogP contribution in [0.25, 0.3) is 0 Å². The number of halogens is 1. The molecule has 3 unspecified atom stereocenters. The second kappa shape index (κ2) is 4.23. The van der Waals surface area contributed by atoms with Crippen molar-refractivity contribution in [3.05, 3.63) is 0 Å². The van der Waals surface area contributed by atoms with Crippen LogP contribution in [0.3, 0.4) is 0 Å². The molecule has 15 heavy (non-hydrogen) atoms. The summed E-state index contributed by atoms with van der Waals surface area (Å²) in [4.78, 5) is 2.45. The number of rotatable bonds is 2. The van der Waals surface area contributed by atoms with Crippen LogP contribution in [0, 0.1) is 5.92 Å². The summed E-state index contributed by atoms with van der Waals surface area (Å²) >= 11 is 6.22. The van der Waals surface area contributed by atoms with Gasteiger partial charge in [-0.25, -0.2) is 0 Å². The SMILES string of the molecule is CC1CN(CC2CCC(C)(C)O2)CC1Cl. The Kier molecular flexibility index (Phi) is 3.30. The fraction of sp³-hybridized carbons (Fsp3) is 1.00. The molecule has 0 aromatic carbocycles. The lowest BCUT2D eigenvalue weighted by Crippen LogP contribution is -2.32. The minimum Gasteiger partial charge on any atom is -0.371 e. The summed E-state index contributed by atoms with van der Waals surface area (Å²) in [6, 6.07) is 0. The third kappa shape index (κ3) is 2.86. The summed E-state index contributed by atoms with van der Waals surface area (Å²) in [7, 11) is 0. The minimum absolute atomic E-state index is 0.0936. The van der Waals surface area contributed by atoms with Crippen LogP contribution in [0.1, 0.15) is 33.6 Å². The van der Waals surface area contributed by atoms with Gasteiger partial charge in [-0.05, 0) is 32.6 Å². The Hall–Kier alpha value is 0.210. The molecule has 0 aliphatic carbocycles. The normalized spacial score (nSPS) is 41.2. The Bertz CT molecular complexity index is 222. The first-order valence-electron chi connectivity index (χ1n) is 6.00. The smallest absolute Gasteiger partial charge is 0.0710 e. The van der Waals surface area contributed by atoms with E-state index < -0.39 is 0 Å². The monoisotopic (exact) mass is 231 g/mol. The van der Waals surface area contributed by atoms with Crippen LogP contribution in [0.2, 0.25) is 0 Å². The predicted octanol–water partition coefficient (Wildman–Crippen LogP) is 2.50. The van der Waals surface area contributed by atoms with Crippen LogP contribution in [0.15, 0.2) is 0 Å². The van der Waals surface area contributed by atoms with Gasteiger partial charge < -0.3 is 4.74 Å². The first-order valence-corrected chi connectivity index (χ1v) is 6.44. The number of hydrogen-bond acceptors (Lipinski definition) is 2. The van der Waals surface area contributed by atoms with Gasteiger partial charge in [0.2, 0.25) is 0 Å². The summed E-state index contributed by atoms with van der Waals surface area (Å²) in [5.74, 6) is 0.626. The number of nitrogens with zero attached hydrogens (tertiary/aromatic N) is 1. The molecule has 0 aromatic rings. The third-order valence-corrected chi connectivity index (χ3v) is 4.18. The maximum atomic E-state index is 6.22. The van der Waals surface area contributed by atoms with Crippen LogP contribution < -0.4 is 0 Å². The van der Waals surface area contributed by atoms with Crippen molar-refractivity contribution in [3.8, 4) is 0 Å². The second-order valence-corrected chi connectivity index (χ2v) is 6.31. The van der Waals surface area contributed by atoms with Crippen molar-refractivity contribution in [3.63, 3.8) is 0 Å². The Labute approximate surface area is 97.9 Å². The summed E-state index contributed by atoms with van der Waals surface area (Å²) < 4.78 is 6.00. The van der Waals surface area contributed by atoms with Crippen LogP contribution in [0.5, 0.6) is 0 Å². The lowest BCUT2D eigenvalue weighted by molar-refractivity contribution is -0.0264. The molecular formula is C12H22ClNO. The average Bonchev–Trinajstić information content (AvgIpc) is 2.58. The highest BCUT2D eigenvalue weighted by Crippen LogP contribution is 2.31. The molecule has 0 amide bonds. The van der Waals surface area contributed by atoms with Crippen LogP contribution in [0.4, 0.5) is 0 Å². The third-order valence-electron chi connectivity index (χ3n) is 3.61. The molecule has 2 saturated heterocycles. The van der Waals surface area contributed by atoms with Crippen molar-refractivity contribution < 1.29 is 4.74 Å². The van der Waals surface area contributed by atoms with Gasteiger partial charge in [0.05, 0.1) is 17.1 Å². The Balaban J connectivity index is 1.79. The Morgan fingerprint density at radius 1 is 1.40 bits per heavy atom. The molecule has 2 nitrogen and oxygen atoms in total. The van der Waals surface area contributed by atoms with Crippen molar-refractivity contribution in [2.24, 2.45) is 5.92 Å². The number of alkyl halides is 1. The van der Waals surface area contributed by atoms with Gasteiger partial charge in [-0.15, -0.1) is 11.6 Å². The van der Waals surface area contributed by atoms with Crippen molar-refractivity contribution in [1.29, 1.82) is 0 Å². The molecule has 3 atom stereocenters. The fourth-order valence-electron chi connectivity index (χ4n) is 2.67. The van der Waals surface area contributed by atoms with Crippen molar-refractivity contribution >= 4 is 11.6 Å². The molecule has 2 aliphatic heterocycles. The van der Waals surface area contributed by atoms with E-state index in [2.05, 4.69) is 25.7 Å². The van der Waals surface area contributed by atoms with Gasteiger partial charge in [0.1, 0.15) is 0 Å². The maximum Gasteiger partial charge on any atom is 0.0710 e. The summed E-state index contributed by atoms with van der Waals surface area (Å²) in [6.45, 7) is 9.83. The number of ether oxygens (including phenoxy) is 1. The van der Waals surface area contributed by atoms with Gasteiger partial charge in [-0.3, -0.25) is 4.90 Å². The number of hydrogen-bond donors (Lipinski definition) is 0. The molecule has 3 heteroatoms. The van der Waals surface area contributed by atoms with Crippen molar-refractivity contribution in [2.75, 3.05) is 19.6 Å². The van der Waals surface area contributed by atoms with Gasteiger partial charge in [-0.2, -0.15) is 0 Å². The molecule has 0 bridgehead atoms. The van der Waals surface area contributed by atoms with Crippen LogP contribution in [-0.4, -0.2) is 41.6 Å². The van der Waals surface area contributed by atoms with E-state index in [0.29, 0.717) is 17.4 Å². The zero-order valence-electron chi connectivity index (χ0n) is 10.0. The van der Waals surface area contributed by atoms with Gasteiger partial charge in [0, 0.05) is 19.6 Å². The minimum atomic E-state index is 0.0936. The Morgan fingerprint density at radius 3 is 2.60 bits per heavy atom. The zero-order chi connectivity index (χ0) is 11.1. The highest BCUT2D eigenvalue weighted by atomic mass is 35.5. The first-order chi connectivity index (χ1) is 6.96. The van der Waals surface area contributed by atoms with Crippen LogP contribution >= 0.6 is 11.6 Å². The molecular weight excluding hydrogens is 210 g/mol. The quantitative estimate of drug-likeness (QED) is 0.678. The first kappa shape index (κ1) is 11.7. The summed E-state index contributed by atoms with van der Waals surface area (Å²) in [6.07, 6.45) is 2.81. The molecule has 2 fully saturated rings. The number of likely N-dealkylation sites (tertiary alicyclic amines) is 1. The molecule has 0 saturated carbocycles. The van der Waals surface area contributed by atoms with Gasteiger partial charge >= 0.3 is 0 Å². The molecule has 0 spiro atoms. The van der Waals surface area contributed by atoms with E-state index in [-0.39, 0.29) is 5.60 Å². The topological polar surface area (TPSA) is 12.5 Å². The zero-order valence-corrected chi connectivity index (χ0v) is 10.8. The molecule has 0 N–H and O–H groups in total. The van der Waals surface area contributed by atoms with Crippen molar-refractivity contribution in [2.45, 2.75) is 50.7 Å². The fourth-order valence-corrected chi connectivity index (χ4v) is 2.94. The van der Waals surface area contributed by atoms with E-state index in [4.69, 9.17) is 16.3 Å². The molecule has 0 aromatic heterocycles. The highest BCUT2D eigenvalue weighted by Gasteiger charge is 2.35. The van der Waals surface area contributed by atoms with Gasteiger partial charge in [-0.1, -0.05) is 6.92 Å². The van der Waals surface area contributed by atoms with E-state index >= 15 is 0 Å². The van der Waals surface area contributed by atoms with E-state index in [1.807, 2.05) is 0 Å². The average molecular weight is 232 g/mol. The van der Waals surface area contributed by atoms with E-state index in [1.54, 1.807) is 0 Å². The van der Waals surface area contributed by atoms with Crippen molar-refractivity contribution in [1.82, 2.24) is 4.90 Å². The summed E-state index contributed by atoms with van der Waals surface area (Å²) in [5.41, 5.74) is 0.0936. The maximum absolute atomic E-state index is 6.22. The molecule has 88 valence electrons. The molecule has 2 aliphatic rings. The molecule has 2 heterocycles. The highest BCUT2D eigenvalue weighted by molar-refractivity contribution is 6.21. The largest absolute Gasteiger partial charge is 0.371 e. The predicted molar refractivity (Wildman–Crippen MR) is 63.4 cm³/mol. The molecule has 0 radical (unpaired) electrons. The summed E-state index contributed by atoms with van der Waals surface area (Å²) in [5, 5.41) is 0.333. The van der Waals surface area contributed by atoms with Crippen LogP contribution in [-0.2, 0) is 4.74 Å². The molecule has 2 rings (SSSR count).